The Kier molecular flexibility index (Phi) is 2.87. The maximum absolute atomic E-state index is 12.0. The molecule has 0 radical (unpaired) electrons. The summed E-state index contributed by atoms with van der Waals surface area (Å²) in [5.41, 5.74) is 0.460. The van der Waals surface area contributed by atoms with Gasteiger partial charge in [0.25, 0.3) is 0 Å². The highest BCUT2D eigenvalue weighted by molar-refractivity contribution is 9.12. The van der Waals surface area contributed by atoms with E-state index in [9.17, 15) is 9.59 Å². The Labute approximate surface area is 100 Å². The van der Waals surface area contributed by atoms with Crippen LogP contribution in [0.15, 0.2) is 28.6 Å². The van der Waals surface area contributed by atoms with Crippen molar-refractivity contribution < 1.29 is 14.3 Å². The Hall–Kier alpha value is -1.49. The molecule has 0 fully saturated rings. The molecule has 1 aromatic heterocycles. The zero-order chi connectivity index (χ0) is 11.7. The summed E-state index contributed by atoms with van der Waals surface area (Å²) in [7, 11) is 0. The highest BCUT2D eigenvalue weighted by Gasteiger charge is 2.33. The van der Waals surface area contributed by atoms with Crippen molar-refractivity contribution in [3.05, 3.63) is 39.8 Å². The molecule has 2 rings (SSSR count). The van der Waals surface area contributed by atoms with Crippen LogP contribution in [0.3, 0.4) is 0 Å². The smallest absolute Gasteiger partial charge is 0.231 e. The van der Waals surface area contributed by atoms with Crippen LogP contribution in [0.5, 0.6) is 0 Å². The predicted octanol–water partition coefficient (Wildman–Crippen LogP) is 2.10. The van der Waals surface area contributed by atoms with E-state index >= 15 is 0 Å². The van der Waals surface area contributed by atoms with E-state index in [0.29, 0.717) is 12.2 Å². The zero-order valence-electron chi connectivity index (χ0n) is 8.49. The first-order valence-corrected chi connectivity index (χ1v) is 5.53. The number of rotatable bonds is 2. The van der Waals surface area contributed by atoms with Crippen LogP contribution < -0.4 is 0 Å². The van der Waals surface area contributed by atoms with Crippen LogP contribution in [0.4, 0.5) is 0 Å². The highest BCUT2D eigenvalue weighted by Crippen LogP contribution is 2.28. The minimum Gasteiger partial charge on any atom is -0.488 e. The second-order valence-corrected chi connectivity index (χ2v) is 3.93. The van der Waals surface area contributed by atoms with Gasteiger partial charge < -0.3 is 4.74 Å². The number of halogens is 1. The van der Waals surface area contributed by atoms with Crippen molar-refractivity contribution in [1.29, 1.82) is 0 Å². The Morgan fingerprint density at radius 2 is 2.12 bits per heavy atom. The van der Waals surface area contributed by atoms with Gasteiger partial charge in [-0.15, -0.1) is 0 Å². The Bertz CT molecular complexity index is 508. The predicted molar refractivity (Wildman–Crippen MR) is 60.5 cm³/mol. The summed E-state index contributed by atoms with van der Waals surface area (Å²) in [6.45, 7) is 2.09. The molecule has 1 heterocycles. The molecule has 4 nitrogen and oxygen atoms in total. The fourth-order valence-corrected chi connectivity index (χ4v) is 1.95. The Balaban J connectivity index is 2.58. The van der Waals surface area contributed by atoms with E-state index in [0.717, 1.165) is 0 Å². The van der Waals surface area contributed by atoms with Gasteiger partial charge in [-0.3, -0.25) is 14.6 Å². The standard InChI is InChI=1S/C11H8BrNO3/c1-2-16-11-7(12)10(15)8-6(9(11)14)4-3-5-13-8/h3-5H,2H2,1H3. The molecule has 0 atom stereocenters. The number of Topliss-reactive ketones (excluding diaryl/α,β-unsaturated/α-hetero) is 2. The molecular weight excluding hydrogens is 274 g/mol. The van der Waals surface area contributed by atoms with Crippen molar-refractivity contribution >= 4 is 27.5 Å². The van der Waals surface area contributed by atoms with Gasteiger partial charge in [0.1, 0.15) is 10.2 Å². The molecule has 0 saturated heterocycles. The number of ketones is 2. The van der Waals surface area contributed by atoms with E-state index in [1.165, 1.54) is 6.20 Å². The number of carbonyl (C=O) groups excluding carboxylic acids is 2. The lowest BCUT2D eigenvalue weighted by atomic mass is 9.98. The van der Waals surface area contributed by atoms with Gasteiger partial charge in [-0.05, 0) is 35.0 Å². The van der Waals surface area contributed by atoms with Crippen molar-refractivity contribution in [3.63, 3.8) is 0 Å². The van der Waals surface area contributed by atoms with Gasteiger partial charge in [0, 0.05) is 6.20 Å². The molecule has 0 aliphatic heterocycles. The quantitative estimate of drug-likeness (QED) is 0.833. The Morgan fingerprint density at radius 3 is 2.81 bits per heavy atom. The molecule has 0 spiro atoms. The maximum atomic E-state index is 12.0. The first-order chi connectivity index (χ1) is 7.66. The molecule has 0 N–H and O–H groups in total. The van der Waals surface area contributed by atoms with Crippen LogP contribution in [0.2, 0.25) is 0 Å². The molecule has 1 aliphatic rings. The highest BCUT2D eigenvalue weighted by atomic mass is 79.9. The van der Waals surface area contributed by atoms with Crippen LogP contribution in [-0.4, -0.2) is 23.2 Å². The third-order valence-corrected chi connectivity index (χ3v) is 2.88. The molecule has 0 unspecified atom stereocenters. The molecule has 0 bridgehead atoms. The summed E-state index contributed by atoms with van der Waals surface area (Å²) in [4.78, 5) is 27.7. The summed E-state index contributed by atoms with van der Waals surface area (Å²) >= 11 is 3.08. The van der Waals surface area contributed by atoms with Crippen molar-refractivity contribution in [2.24, 2.45) is 0 Å². The van der Waals surface area contributed by atoms with Gasteiger partial charge >= 0.3 is 0 Å². The lowest BCUT2D eigenvalue weighted by Crippen LogP contribution is -2.22. The number of hydrogen-bond donors (Lipinski definition) is 0. The van der Waals surface area contributed by atoms with Crippen LogP contribution in [0, 0.1) is 0 Å². The SMILES string of the molecule is CCOC1=C(Br)C(=O)c2ncccc2C1=O. The number of fused-ring (bicyclic) bond motifs is 1. The average molecular weight is 282 g/mol. The van der Waals surface area contributed by atoms with E-state index in [2.05, 4.69) is 20.9 Å². The molecule has 1 aromatic rings. The number of aromatic nitrogens is 1. The van der Waals surface area contributed by atoms with Crippen LogP contribution >= 0.6 is 15.9 Å². The van der Waals surface area contributed by atoms with E-state index in [1.54, 1.807) is 19.1 Å². The number of pyridine rings is 1. The molecule has 0 aromatic carbocycles. The summed E-state index contributed by atoms with van der Waals surface area (Å²) < 4.78 is 5.31. The number of nitrogens with zero attached hydrogens (tertiary/aromatic N) is 1. The van der Waals surface area contributed by atoms with E-state index in [4.69, 9.17) is 4.74 Å². The summed E-state index contributed by atoms with van der Waals surface area (Å²) in [5.74, 6) is -0.567. The van der Waals surface area contributed by atoms with E-state index < -0.39 is 0 Å². The molecule has 82 valence electrons. The molecule has 16 heavy (non-hydrogen) atoms. The molecular formula is C11H8BrNO3. The third-order valence-electron chi connectivity index (χ3n) is 2.16. The van der Waals surface area contributed by atoms with Gasteiger partial charge in [0.15, 0.2) is 5.76 Å². The van der Waals surface area contributed by atoms with Crippen molar-refractivity contribution in [2.45, 2.75) is 6.92 Å². The Morgan fingerprint density at radius 1 is 1.38 bits per heavy atom. The fourth-order valence-electron chi connectivity index (χ4n) is 1.47. The average Bonchev–Trinajstić information content (AvgIpc) is 2.32. The normalized spacial score (nSPS) is 15.1. The lowest BCUT2D eigenvalue weighted by molar-refractivity contribution is 0.0887. The minimum atomic E-state index is -0.321. The molecule has 1 aliphatic carbocycles. The van der Waals surface area contributed by atoms with Crippen molar-refractivity contribution in [2.75, 3.05) is 6.61 Å². The number of carbonyl (C=O) groups is 2. The van der Waals surface area contributed by atoms with E-state index in [1.807, 2.05) is 0 Å². The second kappa shape index (κ2) is 4.17. The first-order valence-electron chi connectivity index (χ1n) is 4.73. The van der Waals surface area contributed by atoms with Crippen LogP contribution in [-0.2, 0) is 4.74 Å². The molecule has 0 saturated carbocycles. The van der Waals surface area contributed by atoms with Gasteiger partial charge in [-0.1, -0.05) is 0 Å². The lowest BCUT2D eigenvalue weighted by Gasteiger charge is -2.16. The van der Waals surface area contributed by atoms with Gasteiger partial charge in [-0.25, -0.2) is 0 Å². The topological polar surface area (TPSA) is 56.3 Å². The van der Waals surface area contributed by atoms with Gasteiger partial charge in [0.05, 0.1) is 12.2 Å². The monoisotopic (exact) mass is 281 g/mol. The largest absolute Gasteiger partial charge is 0.488 e. The van der Waals surface area contributed by atoms with Crippen LogP contribution in [0.1, 0.15) is 27.8 Å². The molecule has 5 heteroatoms. The maximum Gasteiger partial charge on any atom is 0.231 e. The van der Waals surface area contributed by atoms with E-state index in [-0.39, 0.29) is 27.5 Å². The minimum absolute atomic E-state index is 0.0630. The van der Waals surface area contributed by atoms with Crippen molar-refractivity contribution in [3.8, 4) is 0 Å². The first kappa shape index (κ1) is 11.0. The third kappa shape index (κ3) is 1.57. The van der Waals surface area contributed by atoms with Gasteiger partial charge in [-0.2, -0.15) is 0 Å². The molecule has 0 amide bonds. The fraction of sp³-hybridized carbons (Fsp3) is 0.182. The number of allylic oxidation sites excluding steroid dienone is 2. The zero-order valence-corrected chi connectivity index (χ0v) is 10.1. The number of ether oxygens (including phenoxy) is 1. The summed E-state index contributed by atoms with van der Waals surface area (Å²) in [5, 5.41) is 0. The summed E-state index contributed by atoms with van der Waals surface area (Å²) in [6.07, 6.45) is 1.48. The van der Waals surface area contributed by atoms with Gasteiger partial charge in [0.2, 0.25) is 11.6 Å². The van der Waals surface area contributed by atoms with Crippen LogP contribution in [0.25, 0.3) is 0 Å². The van der Waals surface area contributed by atoms with Crippen molar-refractivity contribution in [1.82, 2.24) is 4.98 Å². The second-order valence-electron chi connectivity index (χ2n) is 3.13. The number of hydrogen-bond acceptors (Lipinski definition) is 4. The summed E-state index contributed by atoms with van der Waals surface area (Å²) in [6, 6.07) is 3.19.